The third-order valence-corrected chi connectivity index (χ3v) is 3.16. The van der Waals surface area contributed by atoms with Crippen molar-refractivity contribution in [3.8, 4) is 23.0 Å². The number of hydrogen-bond donors (Lipinski definition) is 1. The van der Waals surface area contributed by atoms with Gasteiger partial charge in [0.05, 0.1) is 39.8 Å². The molecule has 7 heteroatoms. The molecule has 0 aromatic heterocycles. The third-order valence-electron chi connectivity index (χ3n) is 3.16. The van der Waals surface area contributed by atoms with Crippen molar-refractivity contribution in [3.05, 3.63) is 30.3 Å². The summed E-state index contributed by atoms with van der Waals surface area (Å²) < 4.78 is 20.9. The largest absolute Gasteiger partial charge is 0.497 e. The topological polar surface area (TPSA) is 87.7 Å². The zero-order valence-electron chi connectivity index (χ0n) is 13.5. The molecule has 2 N–H and O–H groups in total. The van der Waals surface area contributed by atoms with Gasteiger partial charge in [-0.05, 0) is 12.1 Å². The van der Waals surface area contributed by atoms with Crippen LogP contribution in [0.2, 0.25) is 0 Å². The van der Waals surface area contributed by atoms with Crippen LogP contribution in [0.15, 0.2) is 40.6 Å². The fourth-order valence-corrected chi connectivity index (χ4v) is 1.99. The molecule has 0 spiro atoms. The molecular formula is C16H19N3O4. The lowest BCUT2D eigenvalue weighted by atomic mass is 10.2. The van der Waals surface area contributed by atoms with Crippen molar-refractivity contribution in [2.45, 2.75) is 0 Å². The Morgan fingerprint density at radius 1 is 0.783 bits per heavy atom. The number of nitrogens with zero attached hydrogens (tertiary/aromatic N) is 2. The van der Waals surface area contributed by atoms with Gasteiger partial charge in [0.2, 0.25) is 5.75 Å². The molecule has 7 nitrogen and oxygen atoms in total. The third kappa shape index (κ3) is 3.63. The SMILES string of the molecule is COc1ccc(/N=N/c2cc(OC)c(OC)c(OC)c2)c(N)c1. The summed E-state index contributed by atoms with van der Waals surface area (Å²) >= 11 is 0. The molecule has 0 amide bonds. The lowest BCUT2D eigenvalue weighted by molar-refractivity contribution is 0.324. The maximum atomic E-state index is 5.92. The first-order valence-corrected chi connectivity index (χ1v) is 6.78. The molecule has 0 saturated carbocycles. The summed E-state index contributed by atoms with van der Waals surface area (Å²) in [5.41, 5.74) is 7.48. The molecule has 2 aromatic carbocycles. The Balaban J connectivity index is 2.36. The molecule has 0 bridgehead atoms. The summed E-state index contributed by atoms with van der Waals surface area (Å²) in [5, 5.41) is 8.32. The summed E-state index contributed by atoms with van der Waals surface area (Å²) in [6.45, 7) is 0. The quantitative estimate of drug-likeness (QED) is 0.648. The molecule has 0 atom stereocenters. The van der Waals surface area contributed by atoms with Crippen molar-refractivity contribution in [1.29, 1.82) is 0 Å². The maximum Gasteiger partial charge on any atom is 0.203 e. The molecule has 0 aliphatic carbocycles. The number of rotatable bonds is 6. The molecule has 0 unspecified atom stereocenters. The van der Waals surface area contributed by atoms with Crippen molar-refractivity contribution in [1.82, 2.24) is 0 Å². The summed E-state index contributed by atoms with van der Waals surface area (Å²) in [7, 11) is 6.20. The maximum absolute atomic E-state index is 5.92. The monoisotopic (exact) mass is 317 g/mol. The molecule has 122 valence electrons. The van der Waals surface area contributed by atoms with Crippen LogP contribution in [0.5, 0.6) is 23.0 Å². The normalized spacial score (nSPS) is 10.6. The second kappa shape index (κ2) is 7.35. The van der Waals surface area contributed by atoms with Gasteiger partial charge in [-0.15, -0.1) is 5.11 Å². The van der Waals surface area contributed by atoms with Crippen molar-refractivity contribution in [2.75, 3.05) is 34.2 Å². The highest BCUT2D eigenvalue weighted by Gasteiger charge is 2.13. The molecular weight excluding hydrogens is 298 g/mol. The van der Waals surface area contributed by atoms with Crippen molar-refractivity contribution >= 4 is 17.1 Å². The highest BCUT2D eigenvalue weighted by Crippen LogP contribution is 2.41. The van der Waals surface area contributed by atoms with Gasteiger partial charge in [-0.2, -0.15) is 5.11 Å². The van der Waals surface area contributed by atoms with Crippen LogP contribution in [0.3, 0.4) is 0 Å². The lowest BCUT2D eigenvalue weighted by Gasteiger charge is -2.12. The van der Waals surface area contributed by atoms with Crippen molar-refractivity contribution in [3.63, 3.8) is 0 Å². The Morgan fingerprint density at radius 2 is 1.43 bits per heavy atom. The number of methoxy groups -OCH3 is 4. The predicted molar refractivity (Wildman–Crippen MR) is 87.7 cm³/mol. The van der Waals surface area contributed by atoms with Gasteiger partial charge < -0.3 is 24.7 Å². The first-order valence-electron chi connectivity index (χ1n) is 6.78. The first kappa shape index (κ1) is 16.4. The number of ether oxygens (including phenoxy) is 4. The van der Waals surface area contributed by atoms with Gasteiger partial charge in [-0.3, -0.25) is 0 Å². The van der Waals surface area contributed by atoms with E-state index in [1.807, 2.05) is 0 Å². The van der Waals surface area contributed by atoms with Gasteiger partial charge in [-0.1, -0.05) is 0 Å². The Morgan fingerprint density at radius 3 is 1.91 bits per heavy atom. The molecule has 2 aromatic rings. The van der Waals surface area contributed by atoms with Gasteiger partial charge in [0.25, 0.3) is 0 Å². The molecule has 0 radical (unpaired) electrons. The molecule has 0 saturated heterocycles. The number of nitrogens with two attached hydrogens (primary N) is 1. The van der Waals surface area contributed by atoms with E-state index in [-0.39, 0.29) is 0 Å². The van der Waals surface area contributed by atoms with Gasteiger partial charge in [0, 0.05) is 18.2 Å². The minimum Gasteiger partial charge on any atom is -0.497 e. The van der Waals surface area contributed by atoms with E-state index in [1.165, 1.54) is 0 Å². The van der Waals surface area contributed by atoms with E-state index in [1.54, 1.807) is 58.8 Å². The van der Waals surface area contributed by atoms with Gasteiger partial charge in [0.1, 0.15) is 11.4 Å². The fraction of sp³-hybridized carbons (Fsp3) is 0.250. The van der Waals surface area contributed by atoms with Crippen molar-refractivity contribution in [2.24, 2.45) is 10.2 Å². The van der Waals surface area contributed by atoms with Crippen LogP contribution in [0.25, 0.3) is 0 Å². The Hall–Kier alpha value is -2.96. The van der Waals surface area contributed by atoms with Crippen molar-refractivity contribution < 1.29 is 18.9 Å². The number of azo groups is 1. The van der Waals surface area contributed by atoms with E-state index < -0.39 is 0 Å². The van der Waals surface area contributed by atoms with Crippen LogP contribution in [-0.2, 0) is 0 Å². The minimum absolute atomic E-state index is 0.473. The summed E-state index contributed by atoms with van der Waals surface area (Å²) in [6, 6.07) is 8.58. The Kier molecular flexibility index (Phi) is 5.24. The summed E-state index contributed by atoms with van der Waals surface area (Å²) in [5.74, 6) is 2.17. The smallest absolute Gasteiger partial charge is 0.203 e. The standard InChI is InChI=1S/C16H19N3O4/c1-20-11-5-6-13(12(17)9-11)19-18-10-7-14(21-2)16(23-4)15(8-10)22-3/h5-9H,17H2,1-4H3/b19-18+. The Labute approximate surface area is 134 Å². The second-order valence-corrected chi connectivity index (χ2v) is 4.51. The molecule has 0 heterocycles. The first-order chi connectivity index (χ1) is 11.1. The predicted octanol–water partition coefficient (Wildman–Crippen LogP) is 3.72. The lowest BCUT2D eigenvalue weighted by Crippen LogP contribution is -1.94. The van der Waals surface area contributed by atoms with E-state index in [0.29, 0.717) is 40.1 Å². The highest BCUT2D eigenvalue weighted by molar-refractivity contribution is 5.65. The number of nitrogen functional groups attached to an aromatic ring is 1. The number of anilines is 1. The molecule has 0 aliphatic heterocycles. The van der Waals surface area contributed by atoms with Crippen LogP contribution in [0.4, 0.5) is 17.1 Å². The van der Waals surface area contributed by atoms with E-state index in [4.69, 9.17) is 24.7 Å². The average molecular weight is 317 g/mol. The molecule has 2 rings (SSSR count). The zero-order chi connectivity index (χ0) is 16.8. The van der Waals surface area contributed by atoms with Crippen LogP contribution >= 0.6 is 0 Å². The molecule has 0 fully saturated rings. The van der Waals surface area contributed by atoms with Crippen LogP contribution in [0, 0.1) is 0 Å². The van der Waals surface area contributed by atoms with Gasteiger partial charge >= 0.3 is 0 Å². The highest BCUT2D eigenvalue weighted by atomic mass is 16.5. The van der Waals surface area contributed by atoms with Gasteiger partial charge in [-0.25, -0.2) is 0 Å². The van der Waals surface area contributed by atoms with E-state index in [9.17, 15) is 0 Å². The van der Waals surface area contributed by atoms with Crippen LogP contribution in [0.1, 0.15) is 0 Å². The van der Waals surface area contributed by atoms with Gasteiger partial charge in [0.15, 0.2) is 11.5 Å². The van der Waals surface area contributed by atoms with E-state index in [2.05, 4.69) is 10.2 Å². The second-order valence-electron chi connectivity index (χ2n) is 4.51. The summed E-state index contributed by atoms with van der Waals surface area (Å²) in [6.07, 6.45) is 0. The fourth-order valence-electron chi connectivity index (χ4n) is 1.99. The van der Waals surface area contributed by atoms with Crippen LogP contribution < -0.4 is 24.7 Å². The van der Waals surface area contributed by atoms with E-state index in [0.717, 1.165) is 0 Å². The van der Waals surface area contributed by atoms with Crippen LogP contribution in [-0.4, -0.2) is 28.4 Å². The zero-order valence-corrected chi connectivity index (χ0v) is 13.5. The average Bonchev–Trinajstić information content (AvgIpc) is 2.59. The minimum atomic E-state index is 0.473. The molecule has 0 aliphatic rings. The number of hydrogen-bond acceptors (Lipinski definition) is 7. The number of benzene rings is 2. The summed E-state index contributed by atoms with van der Waals surface area (Å²) in [4.78, 5) is 0. The molecule has 23 heavy (non-hydrogen) atoms. The van der Waals surface area contributed by atoms with E-state index >= 15 is 0 Å². The Bertz CT molecular complexity index is 691.